The fourth-order valence-corrected chi connectivity index (χ4v) is 5.94. The molecule has 0 bridgehead atoms. The van der Waals surface area contributed by atoms with Crippen LogP contribution in [0.3, 0.4) is 0 Å². The molecule has 0 amide bonds. The van der Waals surface area contributed by atoms with Gasteiger partial charge in [0.25, 0.3) is 0 Å². The van der Waals surface area contributed by atoms with Crippen molar-refractivity contribution >= 4 is 21.9 Å². The summed E-state index contributed by atoms with van der Waals surface area (Å²) in [4.78, 5) is 0. The van der Waals surface area contributed by atoms with Gasteiger partial charge in [0, 0.05) is 10.8 Å². The van der Waals surface area contributed by atoms with E-state index in [1.807, 2.05) is 42.5 Å². The molecule has 2 heteroatoms. The van der Waals surface area contributed by atoms with Crippen LogP contribution in [0.4, 0.5) is 0 Å². The van der Waals surface area contributed by atoms with Crippen LogP contribution in [0.15, 0.2) is 132 Å². The second-order valence-corrected chi connectivity index (χ2v) is 10.6. The van der Waals surface area contributed by atoms with E-state index in [4.69, 9.17) is 4.42 Å². The number of hydrogen-bond acceptors (Lipinski definition) is 2. The topological polar surface area (TPSA) is 36.9 Å². The van der Waals surface area contributed by atoms with Crippen LogP contribution in [0, 0.1) is 25.2 Å². The molecular formula is C39H27NO. The number of para-hydroxylation sites is 1. The van der Waals surface area contributed by atoms with Crippen LogP contribution >= 0.6 is 0 Å². The number of nitrogens with zero attached hydrogens (tertiary/aromatic N) is 1. The van der Waals surface area contributed by atoms with Crippen molar-refractivity contribution in [2.45, 2.75) is 13.8 Å². The summed E-state index contributed by atoms with van der Waals surface area (Å²) in [6.07, 6.45) is 0. The predicted octanol–water partition coefficient (Wildman–Crippen LogP) is 10.7. The van der Waals surface area contributed by atoms with Crippen LogP contribution in [-0.4, -0.2) is 0 Å². The summed E-state index contributed by atoms with van der Waals surface area (Å²) in [7, 11) is 0. The van der Waals surface area contributed by atoms with Gasteiger partial charge in [0.15, 0.2) is 0 Å². The number of aryl methyl sites for hydroxylation is 1. The lowest BCUT2D eigenvalue weighted by Gasteiger charge is -2.16. The average molecular weight is 526 g/mol. The van der Waals surface area contributed by atoms with Crippen molar-refractivity contribution in [1.82, 2.24) is 0 Å². The number of benzene rings is 6. The number of rotatable bonds is 4. The largest absolute Gasteiger partial charge is 0.456 e. The van der Waals surface area contributed by atoms with Gasteiger partial charge in [-0.2, -0.15) is 5.26 Å². The summed E-state index contributed by atoms with van der Waals surface area (Å²) in [6.45, 7) is 4.36. The molecular weight excluding hydrogens is 498 g/mol. The minimum absolute atomic E-state index is 0.661. The van der Waals surface area contributed by atoms with Crippen molar-refractivity contribution in [3.63, 3.8) is 0 Å². The highest BCUT2D eigenvalue weighted by atomic mass is 16.3. The minimum atomic E-state index is 0.661. The van der Waals surface area contributed by atoms with E-state index in [1.165, 1.54) is 33.4 Å². The SMILES string of the molecule is Cc1cc(-c2ccc3oc4ccccc4c3c2)ccc1-c1cccc(-c2cc(C#N)cc(-c3ccccc3)c2)c1C. The molecule has 7 rings (SSSR count). The van der Waals surface area contributed by atoms with Gasteiger partial charge in [-0.1, -0.05) is 91.0 Å². The van der Waals surface area contributed by atoms with Crippen LogP contribution in [0.5, 0.6) is 0 Å². The van der Waals surface area contributed by atoms with Gasteiger partial charge in [0.05, 0.1) is 11.6 Å². The second-order valence-electron chi connectivity index (χ2n) is 10.6. The maximum Gasteiger partial charge on any atom is 0.135 e. The molecule has 194 valence electrons. The predicted molar refractivity (Wildman–Crippen MR) is 170 cm³/mol. The fourth-order valence-electron chi connectivity index (χ4n) is 5.94. The molecule has 0 saturated heterocycles. The Labute approximate surface area is 239 Å². The molecule has 0 fully saturated rings. The summed E-state index contributed by atoms with van der Waals surface area (Å²) in [5, 5.41) is 12.1. The molecule has 0 aliphatic carbocycles. The second kappa shape index (κ2) is 9.97. The normalized spacial score (nSPS) is 11.1. The third kappa shape index (κ3) is 4.39. The zero-order valence-corrected chi connectivity index (χ0v) is 23.0. The molecule has 0 aliphatic rings. The molecule has 0 radical (unpaired) electrons. The Hall–Kier alpha value is -5.39. The average Bonchev–Trinajstić information content (AvgIpc) is 3.39. The van der Waals surface area contributed by atoms with E-state index in [2.05, 4.69) is 105 Å². The van der Waals surface area contributed by atoms with Crippen molar-refractivity contribution in [3.05, 3.63) is 144 Å². The smallest absolute Gasteiger partial charge is 0.135 e. The lowest BCUT2D eigenvalue weighted by molar-refractivity contribution is 0.669. The minimum Gasteiger partial charge on any atom is -0.456 e. The molecule has 0 saturated carbocycles. The molecule has 1 heterocycles. The van der Waals surface area contributed by atoms with E-state index in [0.29, 0.717) is 5.56 Å². The van der Waals surface area contributed by atoms with E-state index in [1.54, 1.807) is 0 Å². The van der Waals surface area contributed by atoms with E-state index in [0.717, 1.165) is 44.2 Å². The first-order chi connectivity index (χ1) is 20.1. The monoisotopic (exact) mass is 525 g/mol. The highest BCUT2D eigenvalue weighted by Crippen LogP contribution is 2.38. The summed E-state index contributed by atoms with van der Waals surface area (Å²) < 4.78 is 6.03. The zero-order chi connectivity index (χ0) is 27.9. The number of furan rings is 1. The van der Waals surface area contributed by atoms with E-state index in [9.17, 15) is 5.26 Å². The van der Waals surface area contributed by atoms with Gasteiger partial charge in [-0.05, 0) is 106 Å². The quantitative estimate of drug-likeness (QED) is 0.229. The van der Waals surface area contributed by atoms with Gasteiger partial charge >= 0.3 is 0 Å². The van der Waals surface area contributed by atoms with Crippen molar-refractivity contribution in [3.8, 4) is 50.6 Å². The third-order valence-electron chi connectivity index (χ3n) is 8.04. The Morgan fingerprint density at radius 1 is 0.488 bits per heavy atom. The van der Waals surface area contributed by atoms with Crippen molar-refractivity contribution in [2.24, 2.45) is 0 Å². The first-order valence-electron chi connectivity index (χ1n) is 13.8. The lowest BCUT2D eigenvalue weighted by atomic mass is 9.88. The Morgan fingerprint density at radius 3 is 2.02 bits per heavy atom. The lowest BCUT2D eigenvalue weighted by Crippen LogP contribution is -1.93. The molecule has 7 aromatic rings. The van der Waals surface area contributed by atoms with Crippen molar-refractivity contribution in [1.29, 1.82) is 5.26 Å². The number of nitriles is 1. The van der Waals surface area contributed by atoms with Gasteiger partial charge in [-0.25, -0.2) is 0 Å². The maximum atomic E-state index is 9.78. The summed E-state index contributed by atoms with van der Waals surface area (Å²) >= 11 is 0. The molecule has 0 atom stereocenters. The van der Waals surface area contributed by atoms with Gasteiger partial charge < -0.3 is 4.42 Å². The van der Waals surface area contributed by atoms with Crippen LogP contribution < -0.4 is 0 Å². The Balaban J connectivity index is 1.29. The fraction of sp³-hybridized carbons (Fsp3) is 0.0513. The maximum absolute atomic E-state index is 9.78. The molecule has 0 unspecified atom stereocenters. The van der Waals surface area contributed by atoms with Gasteiger partial charge in [0.1, 0.15) is 11.2 Å². The van der Waals surface area contributed by atoms with Crippen molar-refractivity contribution < 1.29 is 4.42 Å². The highest BCUT2D eigenvalue weighted by molar-refractivity contribution is 6.06. The van der Waals surface area contributed by atoms with Crippen LogP contribution in [0.1, 0.15) is 16.7 Å². The highest BCUT2D eigenvalue weighted by Gasteiger charge is 2.14. The van der Waals surface area contributed by atoms with Crippen LogP contribution in [0.25, 0.3) is 66.4 Å². The van der Waals surface area contributed by atoms with Gasteiger partial charge in [-0.3, -0.25) is 0 Å². The van der Waals surface area contributed by atoms with Gasteiger partial charge in [0.2, 0.25) is 0 Å². The molecule has 1 aromatic heterocycles. The number of fused-ring (bicyclic) bond motifs is 3. The first kappa shape index (κ1) is 24.6. The standard InChI is InChI=1S/C39H27NO/c1-25-19-29(30-16-18-39-37(23-30)36-11-6-7-14-38(36)41-39)15-17-33(25)35-13-8-12-34(26(35)2)32-21-27(24-40)20-31(22-32)28-9-4-3-5-10-28/h3-23H,1-2H3. The number of hydrogen-bond donors (Lipinski definition) is 0. The zero-order valence-electron chi connectivity index (χ0n) is 23.0. The molecule has 0 aliphatic heterocycles. The summed E-state index contributed by atoms with van der Waals surface area (Å²) in [6, 6.07) is 46.5. The Bertz CT molecular complexity index is 2130. The Morgan fingerprint density at radius 2 is 1.20 bits per heavy atom. The van der Waals surface area contributed by atoms with Gasteiger partial charge in [-0.15, -0.1) is 0 Å². The summed E-state index contributed by atoms with van der Waals surface area (Å²) in [5.41, 5.74) is 14.0. The molecule has 6 aromatic carbocycles. The van der Waals surface area contributed by atoms with Crippen LogP contribution in [-0.2, 0) is 0 Å². The van der Waals surface area contributed by atoms with E-state index >= 15 is 0 Å². The molecule has 2 nitrogen and oxygen atoms in total. The third-order valence-corrected chi connectivity index (χ3v) is 8.04. The van der Waals surface area contributed by atoms with Crippen LogP contribution in [0.2, 0.25) is 0 Å². The summed E-state index contributed by atoms with van der Waals surface area (Å²) in [5.74, 6) is 0. The molecule has 0 N–H and O–H groups in total. The van der Waals surface area contributed by atoms with E-state index in [-0.39, 0.29) is 0 Å². The van der Waals surface area contributed by atoms with Crippen molar-refractivity contribution in [2.75, 3.05) is 0 Å². The Kier molecular flexibility index (Phi) is 5.99. The molecule has 41 heavy (non-hydrogen) atoms. The molecule has 0 spiro atoms. The first-order valence-corrected chi connectivity index (χ1v) is 13.8. The van der Waals surface area contributed by atoms with E-state index < -0.39 is 0 Å².